The monoisotopic (exact) mass is 397 g/mol. The van der Waals surface area contributed by atoms with Crippen LogP contribution in [-0.2, 0) is 17.8 Å². The molecule has 0 saturated carbocycles. The molecule has 1 aliphatic rings. The van der Waals surface area contributed by atoms with Crippen molar-refractivity contribution >= 4 is 5.91 Å². The first-order chi connectivity index (χ1) is 14.2. The van der Waals surface area contributed by atoms with Gasteiger partial charge >= 0.3 is 0 Å². The minimum absolute atomic E-state index is 0.0328. The largest absolute Gasteiger partial charge is 0.467 e. The standard InChI is InChI=1S/C22H24FN3O3/c23-18-5-3-15(4-6-18)21-12-19(26-29-21)10-17-13-24-8-7-16(17)11-22(27)25-14-20-2-1-9-28-20/h1-6,9,12,16-17,24H,7-8,10-11,13-14H2,(H,25,27). The Kier molecular flexibility index (Phi) is 6.05. The van der Waals surface area contributed by atoms with Gasteiger partial charge in [-0.05, 0) is 74.2 Å². The molecule has 29 heavy (non-hydrogen) atoms. The third kappa shape index (κ3) is 5.12. The number of aromatic nitrogens is 1. The number of carbonyl (C=O) groups is 1. The van der Waals surface area contributed by atoms with Crippen molar-refractivity contribution in [2.75, 3.05) is 13.1 Å². The van der Waals surface area contributed by atoms with Crippen molar-refractivity contribution < 1.29 is 18.1 Å². The van der Waals surface area contributed by atoms with Crippen LogP contribution >= 0.6 is 0 Å². The molecule has 3 heterocycles. The van der Waals surface area contributed by atoms with Crippen molar-refractivity contribution in [3.8, 4) is 11.3 Å². The van der Waals surface area contributed by atoms with E-state index in [-0.39, 0.29) is 17.6 Å². The highest BCUT2D eigenvalue weighted by molar-refractivity contribution is 5.76. The molecule has 2 atom stereocenters. The van der Waals surface area contributed by atoms with Crippen LogP contribution in [0.15, 0.2) is 57.7 Å². The van der Waals surface area contributed by atoms with E-state index in [9.17, 15) is 9.18 Å². The van der Waals surface area contributed by atoms with Gasteiger partial charge in [-0.25, -0.2) is 4.39 Å². The molecule has 1 saturated heterocycles. The second kappa shape index (κ2) is 9.05. The predicted octanol–water partition coefficient (Wildman–Crippen LogP) is 3.55. The van der Waals surface area contributed by atoms with E-state index in [1.807, 2.05) is 18.2 Å². The van der Waals surface area contributed by atoms with Crippen LogP contribution < -0.4 is 10.6 Å². The third-order valence-electron chi connectivity index (χ3n) is 5.41. The fraction of sp³-hybridized carbons (Fsp3) is 0.364. The Bertz CT molecular complexity index is 921. The summed E-state index contributed by atoms with van der Waals surface area (Å²) in [5.74, 6) is 1.69. The summed E-state index contributed by atoms with van der Waals surface area (Å²) < 4.78 is 23.8. The van der Waals surface area contributed by atoms with Gasteiger partial charge in [-0.1, -0.05) is 5.16 Å². The molecule has 3 aromatic rings. The zero-order valence-corrected chi connectivity index (χ0v) is 16.1. The number of rotatable bonds is 7. The molecule has 6 nitrogen and oxygen atoms in total. The number of hydrogen-bond acceptors (Lipinski definition) is 5. The van der Waals surface area contributed by atoms with Crippen LogP contribution in [0.2, 0.25) is 0 Å². The molecular formula is C22H24FN3O3. The molecule has 1 aliphatic heterocycles. The van der Waals surface area contributed by atoms with Crippen molar-refractivity contribution in [3.05, 3.63) is 66.0 Å². The van der Waals surface area contributed by atoms with Gasteiger partial charge in [0, 0.05) is 18.1 Å². The molecule has 0 spiro atoms. The molecule has 1 fully saturated rings. The van der Waals surface area contributed by atoms with E-state index >= 15 is 0 Å². The average Bonchev–Trinajstić information content (AvgIpc) is 3.41. The Morgan fingerprint density at radius 3 is 2.90 bits per heavy atom. The van der Waals surface area contributed by atoms with Gasteiger partial charge in [-0.2, -0.15) is 0 Å². The van der Waals surface area contributed by atoms with E-state index in [1.54, 1.807) is 18.4 Å². The predicted molar refractivity (Wildman–Crippen MR) is 105 cm³/mol. The number of furan rings is 1. The molecule has 1 aromatic carbocycles. The first-order valence-electron chi connectivity index (χ1n) is 9.88. The van der Waals surface area contributed by atoms with E-state index in [2.05, 4.69) is 15.8 Å². The summed E-state index contributed by atoms with van der Waals surface area (Å²) in [6, 6.07) is 11.7. The number of halogens is 1. The smallest absolute Gasteiger partial charge is 0.220 e. The minimum Gasteiger partial charge on any atom is -0.467 e. The average molecular weight is 397 g/mol. The number of amides is 1. The van der Waals surface area contributed by atoms with Crippen molar-refractivity contribution in [1.29, 1.82) is 0 Å². The Hall–Kier alpha value is -2.93. The second-order valence-corrected chi connectivity index (χ2v) is 7.47. The summed E-state index contributed by atoms with van der Waals surface area (Å²) in [5, 5.41) is 10.5. The Balaban J connectivity index is 1.35. The van der Waals surface area contributed by atoms with Gasteiger partial charge < -0.3 is 19.6 Å². The lowest BCUT2D eigenvalue weighted by Gasteiger charge is -2.31. The molecule has 0 aliphatic carbocycles. The lowest BCUT2D eigenvalue weighted by atomic mass is 9.81. The SMILES string of the molecule is O=C(CC1CCNCC1Cc1cc(-c2ccc(F)cc2)on1)NCc1ccco1. The van der Waals surface area contributed by atoms with Gasteiger partial charge in [0.25, 0.3) is 0 Å². The number of nitrogens with zero attached hydrogens (tertiary/aromatic N) is 1. The fourth-order valence-electron chi connectivity index (χ4n) is 3.82. The van der Waals surface area contributed by atoms with E-state index in [1.165, 1.54) is 12.1 Å². The lowest BCUT2D eigenvalue weighted by molar-refractivity contribution is -0.122. The van der Waals surface area contributed by atoms with Crippen molar-refractivity contribution in [2.24, 2.45) is 11.8 Å². The highest BCUT2D eigenvalue weighted by Gasteiger charge is 2.28. The van der Waals surface area contributed by atoms with Crippen LogP contribution in [0.1, 0.15) is 24.3 Å². The zero-order valence-electron chi connectivity index (χ0n) is 16.1. The maximum absolute atomic E-state index is 13.1. The molecule has 152 valence electrons. The van der Waals surface area contributed by atoms with E-state index in [0.717, 1.165) is 42.9 Å². The van der Waals surface area contributed by atoms with Crippen LogP contribution in [0.4, 0.5) is 4.39 Å². The van der Waals surface area contributed by atoms with E-state index < -0.39 is 0 Å². The molecule has 7 heteroatoms. The molecule has 2 aromatic heterocycles. The summed E-state index contributed by atoms with van der Waals surface area (Å²) in [4.78, 5) is 12.4. The highest BCUT2D eigenvalue weighted by Crippen LogP contribution is 2.28. The quantitative estimate of drug-likeness (QED) is 0.637. The van der Waals surface area contributed by atoms with Crippen molar-refractivity contribution in [2.45, 2.75) is 25.8 Å². The lowest BCUT2D eigenvalue weighted by Crippen LogP contribution is -2.40. The van der Waals surface area contributed by atoms with Gasteiger partial charge in [-0.3, -0.25) is 4.79 Å². The van der Waals surface area contributed by atoms with Gasteiger partial charge in [0.05, 0.1) is 18.5 Å². The number of nitrogens with one attached hydrogen (secondary N) is 2. The number of hydrogen-bond donors (Lipinski definition) is 2. The number of benzene rings is 1. The van der Waals surface area contributed by atoms with Crippen molar-refractivity contribution in [1.82, 2.24) is 15.8 Å². The molecule has 2 N–H and O–H groups in total. The van der Waals surface area contributed by atoms with Gasteiger partial charge in [0.2, 0.25) is 5.91 Å². The Labute approximate surface area is 168 Å². The summed E-state index contributed by atoms with van der Waals surface area (Å²) >= 11 is 0. The highest BCUT2D eigenvalue weighted by atomic mass is 19.1. The van der Waals surface area contributed by atoms with Crippen molar-refractivity contribution in [3.63, 3.8) is 0 Å². The molecule has 4 rings (SSSR count). The summed E-state index contributed by atoms with van der Waals surface area (Å²) in [6.45, 7) is 2.16. The summed E-state index contributed by atoms with van der Waals surface area (Å²) in [7, 11) is 0. The normalized spacial score (nSPS) is 19.2. The van der Waals surface area contributed by atoms with Crippen LogP contribution in [-0.4, -0.2) is 24.2 Å². The Morgan fingerprint density at radius 1 is 1.24 bits per heavy atom. The molecule has 0 radical (unpaired) electrons. The molecule has 0 bridgehead atoms. The molecular weight excluding hydrogens is 373 g/mol. The summed E-state index contributed by atoms with van der Waals surface area (Å²) in [5.41, 5.74) is 1.64. The third-order valence-corrected chi connectivity index (χ3v) is 5.41. The number of carbonyl (C=O) groups excluding carboxylic acids is 1. The van der Waals surface area contributed by atoms with Gasteiger partial charge in [0.1, 0.15) is 11.6 Å². The maximum Gasteiger partial charge on any atom is 0.220 e. The van der Waals surface area contributed by atoms with Crippen LogP contribution in [0, 0.1) is 17.7 Å². The van der Waals surface area contributed by atoms with Gasteiger partial charge in [0.15, 0.2) is 5.76 Å². The topological polar surface area (TPSA) is 80.3 Å². The van der Waals surface area contributed by atoms with Gasteiger partial charge in [-0.15, -0.1) is 0 Å². The Morgan fingerprint density at radius 2 is 2.10 bits per heavy atom. The molecule has 1 amide bonds. The maximum atomic E-state index is 13.1. The van der Waals surface area contributed by atoms with Crippen LogP contribution in [0.3, 0.4) is 0 Å². The molecule has 2 unspecified atom stereocenters. The summed E-state index contributed by atoms with van der Waals surface area (Å²) in [6.07, 6.45) is 3.76. The first-order valence-corrected chi connectivity index (χ1v) is 9.88. The fourth-order valence-corrected chi connectivity index (χ4v) is 3.82. The van der Waals surface area contributed by atoms with Crippen LogP contribution in [0.25, 0.3) is 11.3 Å². The van der Waals surface area contributed by atoms with Crippen LogP contribution in [0.5, 0.6) is 0 Å². The first kappa shape index (κ1) is 19.4. The zero-order chi connectivity index (χ0) is 20.1. The minimum atomic E-state index is -0.282. The number of piperidine rings is 1. The van der Waals surface area contributed by atoms with E-state index in [4.69, 9.17) is 8.94 Å². The second-order valence-electron chi connectivity index (χ2n) is 7.47. The van der Waals surface area contributed by atoms with E-state index in [0.29, 0.717) is 24.6 Å².